The molecule has 4 rings (SSSR count). The van der Waals surface area contributed by atoms with Crippen LogP contribution in [-0.4, -0.2) is 56.6 Å². The molecule has 0 bridgehead atoms. The molecule has 1 aliphatic rings. The third kappa shape index (κ3) is 4.32. The van der Waals surface area contributed by atoms with E-state index in [1.807, 2.05) is 6.92 Å². The van der Waals surface area contributed by atoms with E-state index in [1.54, 1.807) is 30.3 Å². The topological polar surface area (TPSA) is 125 Å². The van der Waals surface area contributed by atoms with E-state index in [4.69, 9.17) is 4.42 Å². The molecule has 0 spiro atoms. The van der Waals surface area contributed by atoms with Gasteiger partial charge in [0.15, 0.2) is 5.69 Å². The maximum Gasteiger partial charge on any atom is 0.279 e. The second kappa shape index (κ2) is 8.88. The monoisotopic (exact) mass is 508 g/mol. The molecule has 0 N–H and O–H groups in total. The zero-order chi connectivity index (χ0) is 24.7. The van der Waals surface area contributed by atoms with E-state index < -0.39 is 47.4 Å². The average Bonchev–Trinajstić information content (AvgIpc) is 3.26. The first kappa shape index (κ1) is 24.0. The fraction of sp³-hybridized carbons (Fsp3) is 0.238. The minimum atomic E-state index is -4.39. The van der Waals surface area contributed by atoms with E-state index in [0.717, 1.165) is 20.2 Å². The Bertz CT molecular complexity index is 1490. The lowest BCUT2D eigenvalue weighted by molar-refractivity contribution is 0.267. The van der Waals surface area contributed by atoms with Crippen LogP contribution in [0.2, 0.25) is 0 Å². The van der Waals surface area contributed by atoms with Gasteiger partial charge >= 0.3 is 0 Å². The molecule has 1 fully saturated rings. The quantitative estimate of drug-likeness (QED) is 0.519. The van der Waals surface area contributed by atoms with Gasteiger partial charge in [0, 0.05) is 31.7 Å². The van der Waals surface area contributed by atoms with Crippen LogP contribution in [0.1, 0.15) is 11.3 Å². The van der Waals surface area contributed by atoms with Crippen LogP contribution in [0.5, 0.6) is 0 Å². The van der Waals surface area contributed by atoms with Gasteiger partial charge in [-0.3, -0.25) is 0 Å². The van der Waals surface area contributed by atoms with Gasteiger partial charge in [0.1, 0.15) is 22.6 Å². The Labute approximate surface area is 195 Å². The molecule has 1 aliphatic heterocycles. The number of hydrogen-bond donors (Lipinski definition) is 0. The van der Waals surface area contributed by atoms with Crippen molar-refractivity contribution in [3.05, 3.63) is 65.4 Å². The normalized spacial score (nSPS) is 15.8. The molecule has 178 valence electrons. The van der Waals surface area contributed by atoms with Gasteiger partial charge in [-0.15, -0.1) is 0 Å². The van der Waals surface area contributed by atoms with Crippen molar-refractivity contribution < 1.29 is 30.0 Å². The fourth-order valence-electron chi connectivity index (χ4n) is 3.45. The van der Waals surface area contributed by atoms with Gasteiger partial charge in [-0.2, -0.15) is 18.9 Å². The van der Waals surface area contributed by atoms with Crippen LogP contribution in [0.3, 0.4) is 0 Å². The number of nitrogens with zero attached hydrogens (tertiary/aromatic N) is 4. The Morgan fingerprint density at radius 1 is 0.941 bits per heavy atom. The summed E-state index contributed by atoms with van der Waals surface area (Å²) in [5, 5.41) is 8.76. The number of oxazole rings is 1. The molecule has 1 saturated heterocycles. The maximum absolute atomic E-state index is 14.0. The predicted molar refractivity (Wildman–Crippen MR) is 115 cm³/mol. The second-order valence-corrected chi connectivity index (χ2v) is 11.3. The highest BCUT2D eigenvalue weighted by Crippen LogP contribution is 2.29. The summed E-state index contributed by atoms with van der Waals surface area (Å²) in [5.74, 6) is -2.07. The van der Waals surface area contributed by atoms with Crippen LogP contribution in [0.4, 0.5) is 8.78 Å². The zero-order valence-electron chi connectivity index (χ0n) is 17.8. The van der Waals surface area contributed by atoms with Gasteiger partial charge in [0.2, 0.25) is 15.9 Å². The lowest BCUT2D eigenvalue weighted by Gasteiger charge is -2.32. The molecule has 0 amide bonds. The van der Waals surface area contributed by atoms with Crippen molar-refractivity contribution in [3.63, 3.8) is 0 Å². The van der Waals surface area contributed by atoms with Gasteiger partial charge in [-0.1, -0.05) is 17.7 Å². The Balaban J connectivity index is 1.57. The number of sulfonamides is 2. The molecule has 0 aliphatic carbocycles. The number of aromatic nitrogens is 1. The molecular weight excluding hydrogens is 490 g/mol. The Hall–Kier alpha value is -3.18. The second-order valence-electron chi connectivity index (χ2n) is 7.52. The van der Waals surface area contributed by atoms with Crippen molar-refractivity contribution in [1.82, 2.24) is 13.6 Å². The van der Waals surface area contributed by atoms with Crippen molar-refractivity contribution in [2.24, 2.45) is 0 Å². The SMILES string of the molecule is Cc1ccc(-c2nc(C#N)c(S(=O)(=O)N3CCN(S(=O)(=O)c4cc(F)ccc4F)CC3)o2)cc1. The summed E-state index contributed by atoms with van der Waals surface area (Å²) in [6.07, 6.45) is 0. The molecule has 2 aromatic carbocycles. The van der Waals surface area contributed by atoms with E-state index >= 15 is 0 Å². The molecule has 2 heterocycles. The molecule has 0 radical (unpaired) electrons. The average molecular weight is 509 g/mol. The van der Waals surface area contributed by atoms with Crippen LogP contribution in [0.15, 0.2) is 56.9 Å². The van der Waals surface area contributed by atoms with E-state index in [0.29, 0.717) is 17.7 Å². The maximum atomic E-state index is 14.0. The number of halogens is 2. The molecule has 0 atom stereocenters. The summed E-state index contributed by atoms with van der Waals surface area (Å²) in [5.41, 5.74) is 1.03. The first-order chi connectivity index (χ1) is 16.0. The summed E-state index contributed by atoms with van der Waals surface area (Å²) < 4.78 is 86.6. The minimum Gasteiger partial charge on any atom is -0.422 e. The highest BCUT2D eigenvalue weighted by Gasteiger charge is 2.38. The van der Waals surface area contributed by atoms with Crippen molar-refractivity contribution >= 4 is 20.0 Å². The predicted octanol–water partition coefficient (Wildman–Crippen LogP) is 2.50. The molecule has 9 nitrogen and oxygen atoms in total. The van der Waals surface area contributed by atoms with E-state index in [9.17, 15) is 30.9 Å². The van der Waals surface area contributed by atoms with E-state index in [1.165, 1.54) is 0 Å². The third-order valence-electron chi connectivity index (χ3n) is 5.28. The fourth-order valence-corrected chi connectivity index (χ4v) is 6.35. The van der Waals surface area contributed by atoms with Gasteiger partial charge in [-0.25, -0.2) is 25.6 Å². The lowest BCUT2D eigenvalue weighted by Crippen LogP contribution is -2.50. The van der Waals surface area contributed by atoms with Gasteiger partial charge in [0.25, 0.3) is 15.1 Å². The summed E-state index contributed by atoms with van der Waals surface area (Å²) in [4.78, 5) is 3.16. The first-order valence-electron chi connectivity index (χ1n) is 9.97. The number of piperazine rings is 1. The number of aryl methyl sites for hydroxylation is 1. The van der Waals surface area contributed by atoms with Gasteiger partial charge in [0.05, 0.1) is 0 Å². The zero-order valence-corrected chi connectivity index (χ0v) is 19.4. The van der Waals surface area contributed by atoms with Gasteiger partial charge < -0.3 is 4.42 Å². The number of hydrogen-bond acceptors (Lipinski definition) is 7. The molecule has 3 aromatic rings. The molecule has 13 heteroatoms. The summed E-state index contributed by atoms with van der Waals surface area (Å²) in [7, 11) is -8.71. The van der Waals surface area contributed by atoms with Crippen molar-refractivity contribution in [1.29, 1.82) is 5.26 Å². The molecule has 34 heavy (non-hydrogen) atoms. The van der Waals surface area contributed by atoms with Crippen LogP contribution in [-0.2, 0) is 20.0 Å². The molecule has 0 saturated carbocycles. The smallest absolute Gasteiger partial charge is 0.279 e. The Morgan fingerprint density at radius 2 is 1.53 bits per heavy atom. The Kier molecular flexibility index (Phi) is 6.26. The van der Waals surface area contributed by atoms with Crippen molar-refractivity contribution in [2.45, 2.75) is 16.9 Å². The standard InChI is InChI=1S/C21H18F2N4O5S2/c1-14-2-4-15(5-3-14)20-25-18(13-24)21(32-20)34(30,31)27-10-8-26(9-11-27)33(28,29)19-12-16(22)6-7-17(19)23/h2-7,12H,8-11H2,1H3. The highest BCUT2D eigenvalue weighted by atomic mass is 32.2. The van der Waals surface area contributed by atoms with Gasteiger partial charge in [-0.05, 0) is 37.3 Å². The third-order valence-corrected chi connectivity index (χ3v) is 8.99. The van der Waals surface area contributed by atoms with Crippen LogP contribution in [0, 0.1) is 29.9 Å². The highest BCUT2D eigenvalue weighted by molar-refractivity contribution is 7.89. The number of nitriles is 1. The largest absolute Gasteiger partial charge is 0.422 e. The van der Waals surface area contributed by atoms with E-state index in [2.05, 4.69) is 4.98 Å². The lowest BCUT2D eigenvalue weighted by atomic mass is 10.1. The van der Waals surface area contributed by atoms with Crippen LogP contribution >= 0.6 is 0 Å². The number of rotatable bonds is 5. The minimum absolute atomic E-state index is 0.0436. The first-order valence-corrected chi connectivity index (χ1v) is 12.9. The van der Waals surface area contributed by atoms with Crippen LogP contribution < -0.4 is 0 Å². The summed E-state index contributed by atoms with van der Waals surface area (Å²) in [6, 6.07) is 10.7. The molecule has 0 unspecified atom stereocenters. The van der Waals surface area contributed by atoms with Crippen LogP contribution in [0.25, 0.3) is 11.5 Å². The molecule has 1 aromatic heterocycles. The number of benzene rings is 2. The molecular formula is C21H18F2N4O5S2. The van der Waals surface area contributed by atoms with Crippen molar-refractivity contribution in [3.8, 4) is 17.5 Å². The van der Waals surface area contributed by atoms with E-state index in [-0.39, 0.29) is 32.1 Å². The Morgan fingerprint density at radius 3 is 2.12 bits per heavy atom. The summed E-state index contributed by atoms with van der Waals surface area (Å²) in [6.45, 7) is 0.684. The summed E-state index contributed by atoms with van der Waals surface area (Å²) >= 11 is 0. The van der Waals surface area contributed by atoms with Crippen molar-refractivity contribution in [2.75, 3.05) is 26.2 Å².